The fraction of sp³-hybridized carbons (Fsp3) is 0.412. The molecule has 2 saturated heterocycles. The molecule has 1 amide bonds. The number of hydrogen-bond donors (Lipinski definition) is 2. The van der Waals surface area contributed by atoms with Crippen LogP contribution in [0.5, 0.6) is 5.75 Å². The molecule has 4 rings (SSSR count). The minimum atomic E-state index is -4.75. The Balaban J connectivity index is 1.46. The number of ether oxygens (including phenoxy) is 1. The molecule has 0 radical (unpaired) electrons. The molecule has 0 spiro atoms. The van der Waals surface area contributed by atoms with Crippen molar-refractivity contribution in [3.63, 3.8) is 0 Å². The van der Waals surface area contributed by atoms with Crippen LogP contribution in [0.25, 0.3) is 10.6 Å². The number of alkyl halides is 3. The Morgan fingerprint density at radius 2 is 2.19 bits per heavy atom. The van der Waals surface area contributed by atoms with E-state index in [-0.39, 0.29) is 17.7 Å². The normalized spacial score (nSPS) is 24.7. The number of carbonyl (C=O) groups is 1. The van der Waals surface area contributed by atoms with Gasteiger partial charge in [0.1, 0.15) is 15.6 Å². The molecule has 9 heteroatoms. The Kier molecular flexibility index (Phi) is 4.36. The van der Waals surface area contributed by atoms with E-state index in [1.165, 1.54) is 24.4 Å². The van der Waals surface area contributed by atoms with Gasteiger partial charge in [-0.3, -0.25) is 4.79 Å². The third kappa shape index (κ3) is 3.68. The van der Waals surface area contributed by atoms with Gasteiger partial charge in [-0.05, 0) is 31.4 Å². The smallest absolute Gasteiger partial charge is 0.406 e. The summed E-state index contributed by atoms with van der Waals surface area (Å²) in [6.07, 6.45) is -0.152. The highest BCUT2D eigenvalue weighted by atomic mass is 32.1. The summed E-state index contributed by atoms with van der Waals surface area (Å²) in [7, 11) is 0. The van der Waals surface area contributed by atoms with Gasteiger partial charge in [0.05, 0.1) is 6.20 Å². The standard InChI is InChI=1S/C17H16F3N3O2S/c18-17(19,20)25-11-3-1-2-9(6-11)16-21-8-14(26-16)15(24)23-13-7-10-4-5-12(13)22-10/h1-3,6,8,10,12-13,22H,4-5,7H2,(H,23,24)/t10-,12+,13-/m1/s1. The van der Waals surface area contributed by atoms with Gasteiger partial charge >= 0.3 is 6.36 Å². The van der Waals surface area contributed by atoms with E-state index < -0.39 is 6.36 Å². The topological polar surface area (TPSA) is 63.2 Å². The summed E-state index contributed by atoms with van der Waals surface area (Å²) in [5, 5.41) is 6.95. The minimum Gasteiger partial charge on any atom is -0.406 e. The molecule has 2 aliphatic rings. The number of aromatic nitrogens is 1. The van der Waals surface area contributed by atoms with Crippen molar-refractivity contribution in [2.75, 3.05) is 0 Å². The molecule has 0 saturated carbocycles. The van der Waals surface area contributed by atoms with Crippen molar-refractivity contribution < 1.29 is 22.7 Å². The summed E-state index contributed by atoms with van der Waals surface area (Å²) >= 11 is 1.14. The predicted molar refractivity (Wildman–Crippen MR) is 90.0 cm³/mol. The van der Waals surface area contributed by atoms with Gasteiger partial charge in [0.15, 0.2) is 0 Å². The number of thiazole rings is 1. The van der Waals surface area contributed by atoms with Crippen molar-refractivity contribution in [2.45, 2.75) is 43.8 Å². The number of rotatable bonds is 4. The van der Waals surface area contributed by atoms with E-state index in [1.54, 1.807) is 6.07 Å². The van der Waals surface area contributed by atoms with Crippen LogP contribution >= 0.6 is 11.3 Å². The molecule has 0 unspecified atom stereocenters. The fourth-order valence-electron chi connectivity index (χ4n) is 3.56. The molecular weight excluding hydrogens is 367 g/mol. The maximum atomic E-state index is 12.4. The van der Waals surface area contributed by atoms with E-state index in [2.05, 4.69) is 20.4 Å². The molecular formula is C17H16F3N3O2S. The summed E-state index contributed by atoms with van der Waals surface area (Å²) in [6, 6.07) is 6.50. The van der Waals surface area contributed by atoms with Crippen LogP contribution in [-0.2, 0) is 0 Å². The van der Waals surface area contributed by atoms with Crippen LogP contribution in [0.15, 0.2) is 30.5 Å². The van der Waals surface area contributed by atoms with E-state index in [9.17, 15) is 18.0 Å². The van der Waals surface area contributed by atoms with Crippen molar-refractivity contribution in [3.05, 3.63) is 35.3 Å². The number of fused-ring (bicyclic) bond motifs is 2. The molecule has 2 aliphatic heterocycles. The van der Waals surface area contributed by atoms with Crippen LogP contribution in [0.4, 0.5) is 13.2 Å². The Morgan fingerprint density at radius 1 is 1.35 bits per heavy atom. The van der Waals surface area contributed by atoms with Crippen LogP contribution in [-0.4, -0.2) is 35.4 Å². The monoisotopic (exact) mass is 383 g/mol. The Bertz CT molecular complexity index is 824. The van der Waals surface area contributed by atoms with Gasteiger partial charge in [-0.2, -0.15) is 0 Å². The quantitative estimate of drug-likeness (QED) is 0.850. The van der Waals surface area contributed by atoms with Gasteiger partial charge in [-0.1, -0.05) is 12.1 Å². The Morgan fingerprint density at radius 3 is 2.88 bits per heavy atom. The first-order valence-electron chi connectivity index (χ1n) is 8.26. The molecule has 0 aliphatic carbocycles. The highest BCUT2D eigenvalue weighted by molar-refractivity contribution is 7.16. The molecule has 1 aromatic carbocycles. The van der Waals surface area contributed by atoms with Gasteiger partial charge in [-0.15, -0.1) is 24.5 Å². The van der Waals surface area contributed by atoms with Gasteiger partial charge < -0.3 is 15.4 Å². The van der Waals surface area contributed by atoms with Crippen molar-refractivity contribution in [3.8, 4) is 16.3 Å². The second kappa shape index (κ2) is 6.55. The zero-order valence-electron chi connectivity index (χ0n) is 13.5. The molecule has 26 heavy (non-hydrogen) atoms. The first-order chi connectivity index (χ1) is 12.4. The lowest BCUT2D eigenvalue weighted by Gasteiger charge is -2.20. The van der Waals surface area contributed by atoms with E-state index in [4.69, 9.17) is 0 Å². The molecule has 2 N–H and O–H groups in total. The molecule has 3 atom stereocenters. The Hall–Kier alpha value is -2.13. The summed E-state index contributed by atoms with van der Waals surface area (Å²) in [5.41, 5.74) is 0.470. The fourth-order valence-corrected chi connectivity index (χ4v) is 4.38. The average Bonchev–Trinajstić information content (AvgIpc) is 3.30. The number of hydrogen-bond acceptors (Lipinski definition) is 5. The van der Waals surface area contributed by atoms with E-state index in [0.29, 0.717) is 27.5 Å². The second-order valence-corrected chi connectivity index (χ2v) is 7.50. The first kappa shape index (κ1) is 17.3. The van der Waals surface area contributed by atoms with Crippen LogP contribution in [0.2, 0.25) is 0 Å². The number of nitrogens with one attached hydrogen (secondary N) is 2. The molecule has 1 aromatic heterocycles. The maximum Gasteiger partial charge on any atom is 0.573 e. The largest absolute Gasteiger partial charge is 0.573 e. The second-order valence-electron chi connectivity index (χ2n) is 6.47. The Labute approximate surface area is 151 Å². The van der Waals surface area contributed by atoms with Crippen LogP contribution in [0, 0.1) is 0 Å². The third-order valence-electron chi connectivity index (χ3n) is 4.66. The summed E-state index contributed by atoms with van der Waals surface area (Å²) in [5.74, 6) is -0.514. The van der Waals surface area contributed by atoms with Crippen molar-refractivity contribution in [1.82, 2.24) is 15.6 Å². The maximum absolute atomic E-state index is 12.4. The van der Waals surface area contributed by atoms with Gasteiger partial charge in [0.25, 0.3) is 5.91 Å². The third-order valence-corrected chi connectivity index (χ3v) is 5.71. The molecule has 5 nitrogen and oxygen atoms in total. The number of carbonyl (C=O) groups excluding carboxylic acids is 1. The summed E-state index contributed by atoms with van der Waals surface area (Å²) < 4.78 is 41.0. The molecule has 2 bridgehead atoms. The average molecular weight is 383 g/mol. The van der Waals surface area contributed by atoms with Crippen LogP contribution in [0.1, 0.15) is 28.9 Å². The zero-order valence-corrected chi connectivity index (χ0v) is 14.4. The highest BCUT2D eigenvalue weighted by Crippen LogP contribution is 2.31. The number of nitrogens with zero attached hydrogens (tertiary/aromatic N) is 1. The first-order valence-corrected chi connectivity index (χ1v) is 9.08. The molecule has 3 heterocycles. The minimum absolute atomic E-state index is 0.121. The molecule has 138 valence electrons. The van der Waals surface area contributed by atoms with Crippen LogP contribution < -0.4 is 15.4 Å². The molecule has 2 fully saturated rings. The van der Waals surface area contributed by atoms with E-state index in [1.807, 2.05) is 0 Å². The number of benzene rings is 1. The van der Waals surface area contributed by atoms with Gasteiger partial charge in [0, 0.05) is 23.7 Å². The molecule has 2 aromatic rings. The lowest BCUT2D eigenvalue weighted by molar-refractivity contribution is -0.274. The number of amides is 1. The highest BCUT2D eigenvalue weighted by Gasteiger charge is 2.39. The van der Waals surface area contributed by atoms with Crippen molar-refractivity contribution in [2.24, 2.45) is 0 Å². The van der Waals surface area contributed by atoms with Crippen molar-refractivity contribution in [1.29, 1.82) is 0 Å². The van der Waals surface area contributed by atoms with Gasteiger partial charge in [-0.25, -0.2) is 4.98 Å². The summed E-state index contributed by atoms with van der Waals surface area (Å²) in [4.78, 5) is 17.0. The summed E-state index contributed by atoms with van der Waals surface area (Å²) in [6.45, 7) is 0. The van der Waals surface area contributed by atoms with Crippen LogP contribution in [0.3, 0.4) is 0 Å². The lowest BCUT2D eigenvalue weighted by atomic mass is 9.95. The van der Waals surface area contributed by atoms with E-state index in [0.717, 1.165) is 30.6 Å². The SMILES string of the molecule is O=C(N[C@@H]1C[C@H]2CC[C@@H]1N2)c1cnc(-c2cccc(OC(F)(F)F)c2)s1. The number of halogens is 3. The zero-order chi connectivity index (χ0) is 18.3. The van der Waals surface area contributed by atoms with Crippen molar-refractivity contribution >= 4 is 17.2 Å². The van der Waals surface area contributed by atoms with Gasteiger partial charge in [0.2, 0.25) is 0 Å². The van der Waals surface area contributed by atoms with E-state index >= 15 is 0 Å². The predicted octanol–water partition coefficient (Wildman–Crippen LogP) is 3.33. The lowest BCUT2D eigenvalue weighted by Crippen LogP contribution is -2.42.